The number of carbonyl (C=O) groups is 1. The van der Waals surface area contributed by atoms with Crippen LogP contribution in [0.3, 0.4) is 0 Å². The lowest BCUT2D eigenvalue weighted by atomic mass is 9.44. The van der Waals surface area contributed by atoms with Crippen LogP contribution in [0.25, 0.3) is 0 Å². The highest BCUT2D eigenvalue weighted by molar-refractivity contribution is 5.82. The second-order valence-electron chi connectivity index (χ2n) is 14.1. The van der Waals surface area contributed by atoms with Crippen LogP contribution in [0.1, 0.15) is 131 Å². The minimum atomic E-state index is -0.0933. The highest BCUT2D eigenvalue weighted by Crippen LogP contribution is 2.68. The van der Waals surface area contributed by atoms with Crippen LogP contribution in [0.4, 0.5) is 0 Å². The molecule has 0 bridgehead atoms. The van der Waals surface area contributed by atoms with E-state index in [1.165, 1.54) is 70.6 Å². The van der Waals surface area contributed by atoms with E-state index in [1.807, 2.05) is 6.08 Å². The highest BCUT2D eigenvalue weighted by Gasteiger charge is 2.62. The van der Waals surface area contributed by atoms with E-state index >= 15 is 0 Å². The molecule has 0 aliphatic heterocycles. The van der Waals surface area contributed by atoms with Crippen molar-refractivity contribution >= 4 is 5.97 Å². The van der Waals surface area contributed by atoms with Crippen LogP contribution in [0.15, 0.2) is 12.2 Å². The van der Waals surface area contributed by atoms with E-state index in [4.69, 9.17) is 4.74 Å². The van der Waals surface area contributed by atoms with Gasteiger partial charge in [-0.25, -0.2) is 4.79 Å². The predicted molar refractivity (Wildman–Crippen MR) is 147 cm³/mol. The molecule has 1 unspecified atom stereocenters. The summed E-state index contributed by atoms with van der Waals surface area (Å²) in [5.41, 5.74) is 0.711. The summed E-state index contributed by atoms with van der Waals surface area (Å²) < 4.78 is 6.29. The molecule has 2 nitrogen and oxygen atoms in total. The van der Waals surface area contributed by atoms with Crippen LogP contribution in [-0.2, 0) is 9.53 Å². The molecule has 4 fully saturated rings. The number of carbonyl (C=O) groups excluding carboxylic acids is 1. The Bertz CT molecular complexity index is 739. The fourth-order valence-electron chi connectivity index (χ4n) is 10.0. The first-order valence-electron chi connectivity index (χ1n) is 15.6. The maximum absolute atomic E-state index is 12.7. The molecule has 0 aromatic carbocycles. The second-order valence-corrected chi connectivity index (χ2v) is 14.1. The van der Waals surface area contributed by atoms with Gasteiger partial charge in [-0.3, -0.25) is 0 Å². The molecule has 0 radical (unpaired) electrons. The van der Waals surface area contributed by atoms with Crippen molar-refractivity contribution in [3.8, 4) is 0 Å². The summed E-state index contributed by atoms with van der Waals surface area (Å²) in [6.07, 6.45) is 22.2. The van der Waals surface area contributed by atoms with Crippen LogP contribution in [0.5, 0.6) is 0 Å². The summed E-state index contributed by atoms with van der Waals surface area (Å²) in [6, 6.07) is 0. The zero-order valence-corrected chi connectivity index (χ0v) is 24.0. The number of fused-ring (bicyclic) bond motifs is 5. The largest absolute Gasteiger partial charge is 0.459 e. The Hall–Kier alpha value is -0.790. The van der Waals surface area contributed by atoms with Crippen molar-refractivity contribution in [2.45, 2.75) is 138 Å². The van der Waals surface area contributed by atoms with Crippen LogP contribution < -0.4 is 0 Å². The highest BCUT2D eigenvalue weighted by atomic mass is 16.5. The summed E-state index contributed by atoms with van der Waals surface area (Å²) in [5.74, 6) is 5.74. The average molecular weight is 485 g/mol. The van der Waals surface area contributed by atoms with Gasteiger partial charge in [0.05, 0.1) is 0 Å². The fourth-order valence-corrected chi connectivity index (χ4v) is 10.0. The van der Waals surface area contributed by atoms with Gasteiger partial charge in [0, 0.05) is 11.5 Å². The van der Waals surface area contributed by atoms with Crippen molar-refractivity contribution < 1.29 is 9.53 Å². The van der Waals surface area contributed by atoms with Crippen LogP contribution in [0, 0.1) is 52.3 Å². The van der Waals surface area contributed by atoms with Gasteiger partial charge in [-0.05, 0) is 111 Å². The SMILES string of the molecule is CCC/C=C/C(=O)OC1CCC[C@@H]2CC[C@@H]3[C@@H]4CC[C@@H]([C@@H](C)CCCC(C)C)[C@@]4(C)CC[C@@H]3[C@@]12C. The maximum atomic E-state index is 12.7. The molecule has 4 aliphatic rings. The van der Waals surface area contributed by atoms with Crippen molar-refractivity contribution in [3.05, 3.63) is 12.2 Å². The van der Waals surface area contributed by atoms with Crippen molar-refractivity contribution in [2.24, 2.45) is 52.3 Å². The summed E-state index contributed by atoms with van der Waals surface area (Å²) in [5, 5.41) is 0. The molecule has 9 atom stereocenters. The van der Waals surface area contributed by atoms with Crippen molar-refractivity contribution in [3.63, 3.8) is 0 Å². The third kappa shape index (κ3) is 5.29. The molecule has 4 rings (SSSR count). The molecule has 0 saturated heterocycles. The third-order valence-corrected chi connectivity index (χ3v) is 11.8. The Morgan fingerprint density at radius 1 is 0.971 bits per heavy atom. The van der Waals surface area contributed by atoms with Gasteiger partial charge >= 0.3 is 5.97 Å². The third-order valence-electron chi connectivity index (χ3n) is 11.8. The number of esters is 1. The molecular formula is C33H56O2. The minimum absolute atomic E-state index is 0.0933. The molecule has 0 aromatic heterocycles. The number of unbranched alkanes of at least 4 members (excludes halogenated alkanes) is 1. The first kappa shape index (κ1) is 27.3. The van der Waals surface area contributed by atoms with Crippen LogP contribution in [-0.4, -0.2) is 12.1 Å². The van der Waals surface area contributed by atoms with Crippen LogP contribution >= 0.6 is 0 Å². The van der Waals surface area contributed by atoms with Gasteiger partial charge in [-0.15, -0.1) is 0 Å². The number of hydrogen-bond donors (Lipinski definition) is 0. The van der Waals surface area contributed by atoms with Gasteiger partial charge in [-0.2, -0.15) is 0 Å². The topological polar surface area (TPSA) is 26.3 Å². The molecule has 35 heavy (non-hydrogen) atoms. The van der Waals surface area contributed by atoms with Gasteiger partial charge in [0.15, 0.2) is 0 Å². The molecule has 0 spiro atoms. The Balaban J connectivity index is 1.48. The van der Waals surface area contributed by atoms with Gasteiger partial charge in [0.1, 0.15) is 6.10 Å². The molecular weight excluding hydrogens is 428 g/mol. The smallest absolute Gasteiger partial charge is 0.330 e. The van der Waals surface area contributed by atoms with Crippen molar-refractivity contribution in [1.29, 1.82) is 0 Å². The van der Waals surface area contributed by atoms with Gasteiger partial charge in [0.25, 0.3) is 0 Å². The van der Waals surface area contributed by atoms with E-state index < -0.39 is 0 Å². The first-order valence-corrected chi connectivity index (χ1v) is 15.6. The number of ether oxygens (including phenoxy) is 1. The van der Waals surface area contributed by atoms with Crippen molar-refractivity contribution in [2.75, 3.05) is 0 Å². The number of rotatable bonds is 9. The molecule has 0 amide bonds. The van der Waals surface area contributed by atoms with E-state index in [0.29, 0.717) is 5.41 Å². The second kappa shape index (κ2) is 11.3. The minimum Gasteiger partial charge on any atom is -0.459 e. The van der Waals surface area contributed by atoms with Gasteiger partial charge < -0.3 is 4.74 Å². The van der Waals surface area contributed by atoms with E-state index in [1.54, 1.807) is 6.08 Å². The molecule has 200 valence electrons. The summed E-state index contributed by atoms with van der Waals surface area (Å²) in [4.78, 5) is 12.7. The van der Waals surface area contributed by atoms with E-state index in [0.717, 1.165) is 60.7 Å². The lowest BCUT2D eigenvalue weighted by Gasteiger charge is -2.62. The number of allylic oxidation sites excluding steroid dienone is 1. The van der Waals surface area contributed by atoms with Crippen molar-refractivity contribution in [1.82, 2.24) is 0 Å². The molecule has 0 N–H and O–H groups in total. The summed E-state index contributed by atoms with van der Waals surface area (Å²) >= 11 is 0. The quantitative estimate of drug-likeness (QED) is 0.241. The Labute approximate surface area is 217 Å². The molecule has 2 heteroatoms. The lowest BCUT2D eigenvalue weighted by Crippen LogP contribution is -2.58. The van der Waals surface area contributed by atoms with Crippen LogP contribution in [0.2, 0.25) is 0 Å². The Kier molecular flexibility index (Phi) is 8.80. The molecule has 0 heterocycles. The standard InChI is InChI=1S/C33H56O2/c1-7-8-9-16-31(34)35-30-15-11-14-25-17-18-26-28-20-19-27(24(4)13-10-12-23(2)3)32(28,5)22-21-29(26)33(25,30)6/h9,16,23-30H,7-8,10-15,17-22H2,1-6H3/b16-9+/t24-,25+,26+,27-,28-,29-,30?,32+,33-/m0/s1. The Morgan fingerprint density at radius 2 is 1.77 bits per heavy atom. The zero-order valence-electron chi connectivity index (χ0n) is 24.0. The molecule has 4 aliphatic carbocycles. The Morgan fingerprint density at radius 3 is 2.51 bits per heavy atom. The molecule has 0 aromatic rings. The first-order chi connectivity index (χ1) is 16.7. The van der Waals surface area contributed by atoms with E-state index in [-0.39, 0.29) is 17.5 Å². The summed E-state index contributed by atoms with van der Waals surface area (Å²) in [6.45, 7) is 14.7. The van der Waals surface area contributed by atoms with E-state index in [2.05, 4.69) is 41.5 Å². The molecule has 4 saturated carbocycles. The van der Waals surface area contributed by atoms with Gasteiger partial charge in [-0.1, -0.05) is 73.3 Å². The predicted octanol–water partition coefficient (Wildman–Crippen LogP) is 9.38. The van der Waals surface area contributed by atoms with Gasteiger partial charge in [0.2, 0.25) is 0 Å². The monoisotopic (exact) mass is 484 g/mol. The maximum Gasteiger partial charge on any atom is 0.330 e. The van der Waals surface area contributed by atoms with E-state index in [9.17, 15) is 4.79 Å². The lowest BCUT2D eigenvalue weighted by molar-refractivity contribution is -0.188. The zero-order chi connectivity index (χ0) is 25.2. The normalized spacial score (nSPS) is 41.9. The average Bonchev–Trinajstić information content (AvgIpc) is 3.17. The summed E-state index contributed by atoms with van der Waals surface area (Å²) in [7, 11) is 0. The number of hydrogen-bond acceptors (Lipinski definition) is 2. The fraction of sp³-hybridized carbons (Fsp3) is 0.909.